The van der Waals surface area contributed by atoms with Crippen LogP contribution in [-0.4, -0.2) is 42.5 Å². The zero-order valence-electron chi connectivity index (χ0n) is 19.2. The number of carbonyl (C=O) groups is 2. The van der Waals surface area contributed by atoms with Gasteiger partial charge in [-0.1, -0.05) is 38.1 Å². The van der Waals surface area contributed by atoms with Crippen molar-refractivity contribution in [3.63, 3.8) is 0 Å². The number of amides is 2. The second-order valence-electron chi connectivity index (χ2n) is 7.65. The highest BCUT2D eigenvalue weighted by Gasteiger charge is 2.27. The molecule has 0 saturated carbocycles. The van der Waals surface area contributed by atoms with Crippen molar-refractivity contribution in [1.82, 2.24) is 10.2 Å². The van der Waals surface area contributed by atoms with Crippen molar-refractivity contribution in [3.8, 4) is 11.5 Å². The summed E-state index contributed by atoms with van der Waals surface area (Å²) in [6, 6.07) is 14.6. The SMILES string of the molecule is CCc1ccc(OCC(=O)N(Cc2ccc(OC)cc2)[C@H](C)C(=O)N[C@@H](C)CC)cc1. The van der Waals surface area contributed by atoms with E-state index < -0.39 is 6.04 Å². The highest BCUT2D eigenvalue weighted by molar-refractivity contribution is 5.88. The fourth-order valence-corrected chi connectivity index (χ4v) is 3.03. The minimum absolute atomic E-state index is 0.0428. The van der Waals surface area contributed by atoms with E-state index in [-0.39, 0.29) is 24.5 Å². The highest BCUT2D eigenvalue weighted by Crippen LogP contribution is 2.16. The summed E-state index contributed by atoms with van der Waals surface area (Å²) in [5.74, 6) is 0.945. The zero-order valence-corrected chi connectivity index (χ0v) is 19.2. The number of aryl methyl sites for hydroxylation is 1. The Labute approximate surface area is 185 Å². The van der Waals surface area contributed by atoms with Gasteiger partial charge in [-0.25, -0.2) is 0 Å². The summed E-state index contributed by atoms with van der Waals surface area (Å²) in [5.41, 5.74) is 2.11. The monoisotopic (exact) mass is 426 g/mol. The molecule has 0 fully saturated rings. The second kappa shape index (κ2) is 12.0. The van der Waals surface area contributed by atoms with Crippen LogP contribution in [0.2, 0.25) is 0 Å². The van der Waals surface area contributed by atoms with Crippen molar-refractivity contribution < 1.29 is 19.1 Å². The Morgan fingerprint density at radius 3 is 2.06 bits per heavy atom. The predicted octanol–water partition coefficient (Wildman–Crippen LogP) is 3.97. The van der Waals surface area contributed by atoms with Gasteiger partial charge in [-0.2, -0.15) is 0 Å². The fourth-order valence-electron chi connectivity index (χ4n) is 3.03. The molecule has 0 heterocycles. The Hall–Kier alpha value is -3.02. The summed E-state index contributed by atoms with van der Waals surface area (Å²) in [6.45, 7) is 7.95. The molecule has 2 amide bonds. The third-order valence-electron chi connectivity index (χ3n) is 5.37. The number of hydrogen-bond acceptors (Lipinski definition) is 4. The molecule has 0 radical (unpaired) electrons. The van der Waals surface area contributed by atoms with Crippen molar-refractivity contribution >= 4 is 11.8 Å². The van der Waals surface area contributed by atoms with E-state index in [0.717, 1.165) is 24.2 Å². The van der Waals surface area contributed by atoms with Crippen molar-refractivity contribution in [2.45, 2.75) is 59.2 Å². The maximum Gasteiger partial charge on any atom is 0.261 e. The Bertz CT molecular complexity index is 834. The molecule has 6 nitrogen and oxygen atoms in total. The van der Waals surface area contributed by atoms with E-state index in [2.05, 4.69) is 12.2 Å². The molecule has 2 atom stereocenters. The van der Waals surface area contributed by atoms with Gasteiger partial charge >= 0.3 is 0 Å². The van der Waals surface area contributed by atoms with E-state index in [1.54, 1.807) is 18.9 Å². The smallest absolute Gasteiger partial charge is 0.261 e. The van der Waals surface area contributed by atoms with E-state index in [1.165, 1.54) is 5.56 Å². The molecular formula is C25H34N2O4. The van der Waals surface area contributed by atoms with E-state index >= 15 is 0 Å². The standard InChI is InChI=1S/C25H34N2O4/c1-6-18(3)26-25(29)19(4)27(16-21-10-12-22(30-5)13-11-21)24(28)17-31-23-14-8-20(7-2)9-15-23/h8-15,18-19H,6-7,16-17H2,1-5H3,(H,26,29)/t18-,19+/m0/s1. The summed E-state index contributed by atoms with van der Waals surface area (Å²) in [6.07, 6.45) is 1.76. The van der Waals surface area contributed by atoms with Crippen LogP contribution in [0.15, 0.2) is 48.5 Å². The predicted molar refractivity (Wildman–Crippen MR) is 122 cm³/mol. The summed E-state index contributed by atoms with van der Waals surface area (Å²) < 4.78 is 10.9. The molecule has 2 rings (SSSR count). The molecule has 0 unspecified atom stereocenters. The lowest BCUT2D eigenvalue weighted by molar-refractivity contribution is -0.142. The topological polar surface area (TPSA) is 67.9 Å². The molecule has 2 aromatic rings. The van der Waals surface area contributed by atoms with Gasteiger partial charge in [0.25, 0.3) is 5.91 Å². The molecule has 0 aliphatic heterocycles. The van der Waals surface area contributed by atoms with Gasteiger partial charge in [0.1, 0.15) is 17.5 Å². The quantitative estimate of drug-likeness (QED) is 0.590. The Morgan fingerprint density at radius 2 is 1.52 bits per heavy atom. The maximum absolute atomic E-state index is 13.1. The van der Waals surface area contributed by atoms with Gasteiger partial charge in [0.15, 0.2) is 6.61 Å². The maximum atomic E-state index is 13.1. The highest BCUT2D eigenvalue weighted by atomic mass is 16.5. The van der Waals surface area contributed by atoms with E-state index in [4.69, 9.17) is 9.47 Å². The van der Waals surface area contributed by atoms with Crippen LogP contribution in [-0.2, 0) is 22.6 Å². The van der Waals surface area contributed by atoms with Gasteiger partial charge in [0.05, 0.1) is 7.11 Å². The fraction of sp³-hybridized carbons (Fsp3) is 0.440. The number of rotatable bonds is 11. The van der Waals surface area contributed by atoms with Crippen molar-refractivity contribution in [1.29, 1.82) is 0 Å². The molecule has 2 aromatic carbocycles. The number of hydrogen-bond donors (Lipinski definition) is 1. The summed E-state index contributed by atoms with van der Waals surface area (Å²) in [7, 11) is 1.61. The van der Waals surface area contributed by atoms with Crippen LogP contribution in [0.3, 0.4) is 0 Å². The van der Waals surface area contributed by atoms with Crippen LogP contribution in [0.1, 0.15) is 45.2 Å². The Balaban J connectivity index is 2.13. The Kier molecular flexibility index (Phi) is 9.38. The minimum atomic E-state index is -0.630. The lowest BCUT2D eigenvalue weighted by Gasteiger charge is -2.29. The first-order valence-corrected chi connectivity index (χ1v) is 10.8. The van der Waals surface area contributed by atoms with E-state index in [1.807, 2.05) is 62.4 Å². The minimum Gasteiger partial charge on any atom is -0.497 e. The molecule has 0 saturated heterocycles. The van der Waals surface area contributed by atoms with Crippen LogP contribution in [0, 0.1) is 0 Å². The number of carbonyl (C=O) groups excluding carboxylic acids is 2. The van der Waals surface area contributed by atoms with Crippen LogP contribution < -0.4 is 14.8 Å². The van der Waals surface area contributed by atoms with Gasteiger partial charge in [-0.3, -0.25) is 9.59 Å². The van der Waals surface area contributed by atoms with E-state index in [9.17, 15) is 9.59 Å². The summed E-state index contributed by atoms with van der Waals surface area (Å²) in [5, 5.41) is 2.96. The normalized spacial score (nSPS) is 12.5. The van der Waals surface area contributed by atoms with Crippen molar-refractivity contribution in [2.75, 3.05) is 13.7 Å². The van der Waals surface area contributed by atoms with Gasteiger partial charge in [-0.15, -0.1) is 0 Å². The second-order valence-corrected chi connectivity index (χ2v) is 7.65. The lowest BCUT2D eigenvalue weighted by Crippen LogP contribution is -2.50. The molecule has 0 aromatic heterocycles. The van der Waals surface area contributed by atoms with Gasteiger partial charge in [0.2, 0.25) is 5.91 Å². The largest absolute Gasteiger partial charge is 0.497 e. The number of benzene rings is 2. The summed E-state index contributed by atoms with van der Waals surface area (Å²) >= 11 is 0. The van der Waals surface area contributed by atoms with Gasteiger partial charge in [0, 0.05) is 12.6 Å². The first kappa shape index (κ1) is 24.3. The van der Waals surface area contributed by atoms with Crippen LogP contribution in [0.4, 0.5) is 0 Å². The number of nitrogens with zero attached hydrogens (tertiary/aromatic N) is 1. The molecule has 168 valence electrons. The number of nitrogens with one attached hydrogen (secondary N) is 1. The van der Waals surface area contributed by atoms with Crippen molar-refractivity contribution in [2.24, 2.45) is 0 Å². The third kappa shape index (κ3) is 7.31. The van der Waals surface area contributed by atoms with Crippen LogP contribution in [0.25, 0.3) is 0 Å². The first-order valence-electron chi connectivity index (χ1n) is 10.8. The number of ether oxygens (including phenoxy) is 2. The molecule has 6 heteroatoms. The molecule has 31 heavy (non-hydrogen) atoms. The molecule has 0 bridgehead atoms. The molecule has 0 aliphatic carbocycles. The average molecular weight is 427 g/mol. The molecule has 0 spiro atoms. The van der Waals surface area contributed by atoms with Crippen molar-refractivity contribution in [3.05, 3.63) is 59.7 Å². The molecule has 1 N–H and O–H groups in total. The van der Waals surface area contributed by atoms with Crippen LogP contribution in [0.5, 0.6) is 11.5 Å². The third-order valence-corrected chi connectivity index (χ3v) is 5.37. The summed E-state index contributed by atoms with van der Waals surface area (Å²) in [4.78, 5) is 27.3. The number of methoxy groups -OCH3 is 1. The average Bonchev–Trinajstić information content (AvgIpc) is 2.81. The molecule has 0 aliphatic rings. The first-order chi connectivity index (χ1) is 14.9. The molecular weight excluding hydrogens is 392 g/mol. The van der Waals surface area contributed by atoms with Crippen LogP contribution >= 0.6 is 0 Å². The van der Waals surface area contributed by atoms with Gasteiger partial charge < -0.3 is 19.7 Å². The lowest BCUT2D eigenvalue weighted by atomic mass is 10.1. The van der Waals surface area contributed by atoms with E-state index in [0.29, 0.717) is 12.3 Å². The zero-order chi connectivity index (χ0) is 22.8. The Morgan fingerprint density at radius 1 is 0.935 bits per heavy atom. The van der Waals surface area contributed by atoms with Gasteiger partial charge in [-0.05, 0) is 62.1 Å².